The van der Waals surface area contributed by atoms with E-state index in [1.165, 1.54) is 0 Å². The standard InChI is InChI=1S/C17H23F2N3O2.2ClH/c18-17(19)10-14(21-12-17)16(23)20-11-15(13-4-2-1-3-5-13)22-6-8-24-9-7-22;;/h1-5,14-15,21H,6-12H2,(H,20,23);2*1H. The van der Waals surface area contributed by atoms with Crippen LogP contribution in [0.4, 0.5) is 8.78 Å². The molecule has 0 saturated carbocycles. The highest BCUT2D eigenvalue weighted by atomic mass is 35.5. The lowest BCUT2D eigenvalue weighted by Gasteiger charge is -2.35. The molecule has 0 spiro atoms. The predicted molar refractivity (Wildman–Crippen MR) is 100 cm³/mol. The molecule has 0 bridgehead atoms. The minimum Gasteiger partial charge on any atom is -0.379 e. The van der Waals surface area contributed by atoms with Crippen LogP contribution in [-0.4, -0.2) is 62.2 Å². The third-order valence-electron chi connectivity index (χ3n) is 4.57. The number of amides is 1. The van der Waals surface area contributed by atoms with Crippen molar-refractivity contribution in [3.63, 3.8) is 0 Å². The highest BCUT2D eigenvalue weighted by molar-refractivity contribution is 5.85. The second-order valence-corrected chi connectivity index (χ2v) is 6.31. The summed E-state index contributed by atoms with van der Waals surface area (Å²) in [5.74, 6) is -3.16. The number of carbonyl (C=O) groups is 1. The highest BCUT2D eigenvalue weighted by Crippen LogP contribution is 2.25. The number of halogens is 4. The van der Waals surface area contributed by atoms with E-state index in [-0.39, 0.29) is 36.8 Å². The van der Waals surface area contributed by atoms with Crippen LogP contribution in [0.1, 0.15) is 18.0 Å². The van der Waals surface area contributed by atoms with Crippen LogP contribution in [-0.2, 0) is 9.53 Å². The smallest absolute Gasteiger partial charge is 0.262 e. The minimum atomic E-state index is -2.80. The zero-order chi connectivity index (χ0) is 17.0. The Labute approximate surface area is 164 Å². The number of hydrogen-bond donors (Lipinski definition) is 2. The molecule has 3 rings (SSSR count). The molecule has 148 valence electrons. The Kier molecular flexibility index (Phi) is 9.19. The van der Waals surface area contributed by atoms with Gasteiger partial charge < -0.3 is 10.1 Å². The zero-order valence-electron chi connectivity index (χ0n) is 14.3. The van der Waals surface area contributed by atoms with Crippen LogP contribution in [0.25, 0.3) is 0 Å². The number of nitrogens with zero attached hydrogens (tertiary/aromatic N) is 1. The molecule has 2 aliphatic heterocycles. The van der Waals surface area contributed by atoms with E-state index < -0.39 is 24.9 Å². The van der Waals surface area contributed by atoms with Crippen molar-refractivity contribution >= 4 is 30.7 Å². The summed E-state index contributed by atoms with van der Waals surface area (Å²) in [6.07, 6.45) is -0.438. The van der Waals surface area contributed by atoms with Crippen molar-refractivity contribution in [2.24, 2.45) is 0 Å². The molecule has 0 aromatic heterocycles. The summed E-state index contributed by atoms with van der Waals surface area (Å²) in [6, 6.07) is 9.11. The van der Waals surface area contributed by atoms with E-state index in [1.54, 1.807) is 0 Å². The molecule has 0 aliphatic carbocycles. The molecule has 26 heavy (non-hydrogen) atoms. The van der Waals surface area contributed by atoms with Crippen LogP contribution in [0.5, 0.6) is 0 Å². The summed E-state index contributed by atoms with van der Waals surface area (Å²) in [6.45, 7) is 2.86. The molecule has 2 aliphatic rings. The number of benzene rings is 1. The van der Waals surface area contributed by atoms with E-state index in [4.69, 9.17) is 4.74 Å². The van der Waals surface area contributed by atoms with Crippen LogP contribution >= 0.6 is 24.8 Å². The van der Waals surface area contributed by atoms with Gasteiger partial charge in [-0.3, -0.25) is 15.0 Å². The number of carbonyl (C=O) groups excluding carboxylic acids is 1. The van der Waals surface area contributed by atoms with Crippen molar-refractivity contribution in [3.8, 4) is 0 Å². The monoisotopic (exact) mass is 411 g/mol. The summed E-state index contributed by atoms with van der Waals surface area (Å²) in [5.41, 5.74) is 1.10. The molecule has 1 aromatic rings. The van der Waals surface area contributed by atoms with Gasteiger partial charge in [-0.1, -0.05) is 30.3 Å². The van der Waals surface area contributed by atoms with Gasteiger partial charge >= 0.3 is 0 Å². The van der Waals surface area contributed by atoms with Gasteiger partial charge in [-0.05, 0) is 5.56 Å². The summed E-state index contributed by atoms with van der Waals surface area (Å²) in [5, 5.41) is 5.44. The van der Waals surface area contributed by atoms with Crippen molar-refractivity contribution in [1.29, 1.82) is 0 Å². The zero-order valence-corrected chi connectivity index (χ0v) is 16.0. The van der Waals surface area contributed by atoms with E-state index in [2.05, 4.69) is 15.5 Å². The number of rotatable bonds is 5. The fourth-order valence-electron chi connectivity index (χ4n) is 3.24. The maximum absolute atomic E-state index is 13.2. The summed E-state index contributed by atoms with van der Waals surface area (Å²) >= 11 is 0. The molecule has 2 fully saturated rings. The predicted octanol–water partition coefficient (Wildman–Crippen LogP) is 2.02. The number of ether oxygens (including phenoxy) is 1. The van der Waals surface area contributed by atoms with E-state index in [0.29, 0.717) is 19.8 Å². The van der Waals surface area contributed by atoms with Gasteiger partial charge in [-0.2, -0.15) is 0 Å². The van der Waals surface area contributed by atoms with Crippen molar-refractivity contribution in [2.45, 2.75) is 24.4 Å². The van der Waals surface area contributed by atoms with Gasteiger partial charge in [-0.25, -0.2) is 8.78 Å². The van der Waals surface area contributed by atoms with Gasteiger partial charge in [0.15, 0.2) is 0 Å². The first kappa shape index (κ1) is 23.0. The molecular formula is C17H25Cl2F2N3O2. The van der Waals surface area contributed by atoms with Gasteiger partial charge in [0.2, 0.25) is 5.91 Å². The maximum Gasteiger partial charge on any atom is 0.262 e. The minimum absolute atomic E-state index is 0. The van der Waals surface area contributed by atoms with E-state index in [9.17, 15) is 13.6 Å². The summed E-state index contributed by atoms with van der Waals surface area (Å²) in [7, 11) is 0. The quantitative estimate of drug-likeness (QED) is 0.777. The van der Waals surface area contributed by atoms with E-state index >= 15 is 0 Å². The highest BCUT2D eigenvalue weighted by Gasteiger charge is 2.42. The molecule has 2 atom stereocenters. The molecular weight excluding hydrogens is 387 g/mol. The normalized spacial score (nSPS) is 23.4. The maximum atomic E-state index is 13.2. The molecule has 2 unspecified atom stereocenters. The Morgan fingerprint density at radius 3 is 2.50 bits per heavy atom. The average molecular weight is 412 g/mol. The number of nitrogens with one attached hydrogen (secondary N) is 2. The third-order valence-corrected chi connectivity index (χ3v) is 4.57. The first-order valence-corrected chi connectivity index (χ1v) is 8.31. The Morgan fingerprint density at radius 2 is 1.92 bits per heavy atom. The first-order valence-electron chi connectivity index (χ1n) is 8.31. The fraction of sp³-hybridized carbons (Fsp3) is 0.588. The second kappa shape index (κ2) is 10.4. The van der Waals surface area contributed by atoms with E-state index in [1.807, 2.05) is 30.3 Å². The van der Waals surface area contributed by atoms with Gasteiger partial charge in [0, 0.05) is 26.1 Å². The van der Waals surface area contributed by atoms with Crippen LogP contribution in [0.2, 0.25) is 0 Å². The van der Waals surface area contributed by atoms with Crippen LogP contribution in [0.15, 0.2) is 30.3 Å². The number of alkyl halides is 2. The van der Waals surface area contributed by atoms with Crippen molar-refractivity contribution in [1.82, 2.24) is 15.5 Å². The number of morpholine rings is 1. The molecule has 5 nitrogen and oxygen atoms in total. The Balaban J connectivity index is 0.00000169. The van der Waals surface area contributed by atoms with E-state index in [0.717, 1.165) is 18.7 Å². The largest absolute Gasteiger partial charge is 0.379 e. The van der Waals surface area contributed by atoms with Crippen LogP contribution in [0, 0.1) is 0 Å². The van der Waals surface area contributed by atoms with Gasteiger partial charge in [-0.15, -0.1) is 24.8 Å². The molecule has 9 heteroatoms. The van der Waals surface area contributed by atoms with Crippen molar-refractivity contribution in [2.75, 3.05) is 39.4 Å². The van der Waals surface area contributed by atoms with Crippen LogP contribution < -0.4 is 10.6 Å². The average Bonchev–Trinajstić information content (AvgIpc) is 2.97. The topological polar surface area (TPSA) is 53.6 Å². The second-order valence-electron chi connectivity index (χ2n) is 6.31. The Morgan fingerprint density at radius 1 is 1.27 bits per heavy atom. The molecule has 1 aromatic carbocycles. The molecule has 1 amide bonds. The van der Waals surface area contributed by atoms with Gasteiger partial charge in [0.25, 0.3) is 5.92 Å². The van der Waals surface area contributed by atoms with Gasteiger partial charge in [0.1, 0.15) is 0 Å². The van der Waals surface area contributed by atoms with Gasteiger partial charge in [0.05, 0.1) is 31.8 Å². The number of hydrogen-bond acceptors (Lipinski definition) is 4. The fourth-order valence-corrected chi connectivity index (χ4v) is 3.24. The third kappa shape index (κ3) is 6.03. The molecule has 0 radical (unpaired) electrons. The lowest BCUT2D eigenvalue weighted by molar-refractivity contribution is -0.123. The van der Waals surface area contributed by atoms with Crippen LogP contribution in [0.3, 0.4) is 0 Å². The lowest BCUT2D eigenvalue weighted by Crippen LogP contribution is -2.47. The molecule has 2 saturated heterocycles. The van der Waals surface area contributed by atoms with Crippen molar-refractivity contribution in [3.05, 3.63) is 35.9 Å². The first-order chi connectivity index (χ1) is 11.6. The Hall–Kier alpha value is -0.990. The van der Waals surface area contributed by atoms with Crippen molar-refractivity contribution < 1.29 is 18.3 Å². The summed E-state index contributed by atoms with van der Waals surface area (Å²) in [4.78, 5) is 14.5. The lowest BCUT2D eigenvalue weighted by atomic mass is 10.0. The Bertz CT molecular complexity index is 560. The molecule has 2 heterocycles. The summed E-state index contributed by atoms with van der Waals surface area (Å²) < 4.78 is 31.9. The molecule has 2 N–H and O–H groups in total. The SMILES string of the molecule is Cl.Cl.O=C(NCC(c1ccccc1)N1CCOCC1)C1CC(F)(F)CN1.